The molecule has 0 bridgehead atoms. The number of amides is 1. The van der Waals surface area contributed by atoms with Crippen LogP contribution in [0.2, 0.25) is 0 Å². The molecule has 0 aliphatic rings. The highest BCUT2D eigenvalue weighted by Crippen LogP contribution is 2.29. The van der Waals surface area contributed by atoms with Crippen molar-refractivity contribution in [3.63, 3.8) is 0 Å². The number of hydrogen-bond acceptors (Lipinski definition) is 4. The van der Waals surface area contributed by atoms with Crippen LogP contribution in [0.15, 0.2) is 18.2 Å². The molecule has 1 rings (SSSR count). The fourth-order valence-electron chi connectivity index (χ4n) is 1.84. The molecule has 0 aliphatic heterocycles. The number of halogens is 1. The Kier molecular flexibility index (Phi) is 8.28. The van der Waals surface area contributed by atoms with E-state index in [-0.39, 0.29) is 11.6 Å². The molecule has 0 atom stereocenters. The highest BCUT2D eigenvalue weighted by atomic mass is 35.5. The van der Waals surface area contributed by atoms with Crippen LogP contribution in [0.4, 0.5) is 11.4 Å². The van der Waals surface area contributed by atoms with Gasteiger partial charge in [-0.15, -0.1) is 11.6 Å². The van der Waals surface area contributed by atoms with Gasteiger partial charge in [-0.3, -0.25) is 14.9 Å². The van der Waals surface area contributed by atoms with Crippen molar-refractivity contribution >= 4 is 28.9 Å². The van der Waals surface area contributed by atoms with Crippen LogP contribution in [0.3, 0.4) is 0 Å². The molecule has 0 radical (unpaired) electrons. The van der Waals surface area contributed by atoms with Gasteiger partial charge in [0, 0.05) is 24.4 Å². The van der Waals surface area contributed by atoms with Crippen molar-refractivity contribution in [2.45, 2.75) is 39.0 Å². The molecule has 0 unspecified atom stereocenters. The second-order valence-corrected chi connectivity index (χ2v) is 5.21. The predicted molar refractivity (Wildman–Crippen MR) is 86.7 cm³/mol. The number of hydrogen-bond donors (Lipinski definition) is 1. The van der Waals surface area contributed by atoms with Crippen molar-refractivity contribution in [3.05, 3.63) is 28.3 Å². The van der Waals surface area contributed by atoms with E-state index < -0.39 is 4.92 Å². The minimum atomic E-state index is -0.500. The molecule has 1 N–H and O–H groups in total. The van der Waals surface area contributed by atoms with Crippen molar-refractivity contribution in [2.24, 2.45) is 0 Å². The molecule has 1 aromatic carbocycles. The van der Waals surface area contributed by atoms with E-state index in [1.54, 1.807) is 0 Å². The van der Waals surface area contributed by atoms with Gasteiger partial charge in [0.25, 0.3) is 5.69 Å². The zero-order valence-electron chi connectivity index (χ0n) is 12.6. The summed E-state index contributed by atoms with van der Waals surface area (Å²) >= 11 is 5.58. The van der Waals surface area contributed by atoms with Crippen LogP contribution in [-0.2, 0) is 4.79 Å². The largest absolute Gasteiger partial charge is 0.491 e. The minimum absolute atomic E-state index is 0.0821. The summed E-state index contributed by atoms with van der Waals surface area (Å²) in [6.07, 6.45) is 3.65. The van der Waals surface area contributed by atoms with E-state index in [4.69, 9.17) is 16.3 Å². The van der Waals surface area contributed by atoms with Crippen molar-refractivity contribution < 1.29 is 14.5 Å². The van der Waals surface area contributed by atoms with Gasteiger partial charge in [0.05, 0.1) is 17.2 Å². The number of nitro benzene ring substituents is 1. The lowest BCUT2D eigenvalue weighted by atomic mass is 10.2. The molecule has 0 aromatic heterocycles. The molecule has 0 saturated carbocycles. The Morgan fingerprint density at radius 1 is 1.36 bits per heavy atom. The number of carbonyl (C=O) groups is 1. The summed E-state index contributed by atoms with van der Waals surface area (Å²) in [6.45, 7) is 2.44. The van der Waals surface area contributed by atoms with E-state index in [2.05, 4.69) is 5.32 Å². The molecule has 1 aromatic rings. The van der Waals surface area contributed by atoms with Gasteiger partial charge < -0.3 is 10.1 Å². The standard InChI is InChI=1S/C15H21ClN2O4/c1-2-10-22-14-8-7-12(18(20)21)11-13(14)17-15(19)6-4-3-5-9-16/h7-8,11H,2-6,9-10H2,1H3,(H,17,19). The van der Waals surface area contributed by atoms with E-state index in [9.17, 15) is 14.9 Å². The van der Waals surface area contributed by atoms with Crippen LogP contribution in [-0.4, -0.2) is 23.3 Å². The van der Waals surface area contributed by atoms with Gasteiger partial charge >= 0.3 is 0 Å². The van der Waals surface area contributed by atoms with Gasteiger partial charge in [-0.2, -0.15) is 0 Å². The SMILES string of the molecule is CCCOc1ccc([N+](=O)[O-])cc1NC(=O)CCCCCCl. The summed E-state index contributed by atoms with van der Waals surface area (Å²) in [7, 11) is 0. The third kappa shape index (κ3) is 6.30. The molecule has 122 valence electrons. The zero-order valence-corrected chi connectivity index (χ0v) is 13.4. The molecule has 7 heteroatoms. The lowest BCUT2D eigenvalue weighted by Gasteiger charge is -2.12. The number of carbonyl (C=O) groups excluding carboxylic acids is 1. The molecule has 0 fully saturated rings. The van der Waals surface area contributed by atoms with E-state index in [1.165, 1.54) is 18.2 Å². The number of rotatable bonds is 10. The summed E-state index contributed by atoms with van der Waals surface area (Å²) in [5.41, 5.74) is 0.256. The number of ether oxygens (including phenoxy) is 1. The number of nitrogens with one attached hydrogen (secondary N) is 1. The molecule has 0 saturated heterocycles. The molecular formula is C15H21ClN2O4. The molecule has 1 amide bonds. The summed E-state index contributed by atoms with van der Waals surface area (Å²) in [4.78, 5) is 22.3. The van der Waals surface area contributed by atoms with Crippen LogP contribution in [0.5, 0.6) is 5.75 Å². The van der Waals surface area contributed by atoms with E-state index in [0.717, 1.165) is 25.7 Å². The molecule has 22 heavy (non-hydrogen) atoms. The first kappa shape index (κ1) is 18.2. The van der Waals surface area contributed by atoms with E-state index >= 15 is 0 Å². The van der Waals surface area contributed by atoms with Crippen molar-refractivity contribution in [1.82, 2.24) is 0 Å². The van der Waals surface area contributed by atoms with Gasteiger partial charge in [-0.1, -0.05) is 13.3 Å². The molecule has 0 spiro atoms. The maximum absolute atomic E-state index is 11.9. The lowest BCUT2D eigenvalue weighted by molar-refractivity contribution is -0.384. The van der Waals surface area contributed by atoms with Gasteiger partial charge in [0.2, 0.25) is 5.91 Å². The van der Waals surface area contributed by atoms with Crippen LogP contribution in [0, 0.1) is 10.1 Å². The monoisotopic (exact) mass is 328 g/mol. The highest BCUT2D eigenvalue weighted by molar-refractivity contribution is 6.17. The first-order chi connectivity index (χ1) is 10.6. The fraction of sp³-hybridized carbons (Fsp3) is 0.533. The number of benzene rings is 1. The summed E-state index contributed by atoms with van der Waals surface area (Å²) in [5.74, 6) is 0.847. The third-order valence-electron chi connectivity index (χ3n) is 2.95. The normalized spacial score (nSPS) is 10.3. The third-order valence-corrected chi connectivity index (χ3v) is 3.21. The van der Waals surface area contributed by atoms with E-state index in [0.29, 0.717) is 30.3 Å². The fourth-order valence-corrected chi connectivity index (χ4v) is 2.03. The second kappa shape index (κ2) is 10.00. The predicted octanol–water partition coefficient (Wildman–Crippen LogP) is 4.12. The van der Waals surface area contributed by atoms with Crippen molar-refractivity contribution in [3.8, 4) is 5.75 Å². The van der Waals surface area contributed by atoms with Gasteiger partial charge in [0.1, 0.15) is 5.75 Å². The Labute approximate surface area is 134 Å². The van der Waals surface area contributed by atoms with Crippen LogP contribution >= 0.6 is 11.6 Å². The van der Waals surface area contributed by atoms with Crippen molar-refractivity contribution in [2.75, 3.05) is 17.8 Å². The average Bonchev–Trinajstić information content (AvgIpc) is 2.50. The Hall–Kier alpha value is -1.82. The zero-order chi connectivity index (χ0) is 16.4. The number of anilines is 1. The molecular weight excluding hydrogens is 308 g/mol. The number of non-ortho nitro benzene ring substituents is 1. The summed E-state index contributed by atoms with van der Waals surface area (Å²) < 4.78 is 5.51. The van der Waals surface area contributed by atoms with Crippen LogP contribution in [0.1, 0.15) is 39.0 Å². The Morgan fingerprint density at radius 2 is 2.14 bits per heavy atom. The summed E-state index contributed by atoms with van der Waals surface area (Å²) in [6, 6.07) is 4.19. The van der Waals surface area contributed by atoms with Crippen LogP contribution < -0.4 is 10.1 Å². The second-order valence-electron chi connectivity index (χ2n) is 4.83. The summed E-state index contributed by atoms with van der Waals surface area (Å²) in [5, 5.41) is 13.5. The average molecular weight is 329 g/mol. The topological polar surface area (TPSA) is 81.5 Å². The van der Waals surface area contributed by atoms with Gasteiger partial charge in [0.15, 0.2) is 0 Å². The first-order valence-electron chi connectivity index (χ1n) is 7.35. The Balaban J connectivity index is 2.73. The number of nitro groups is 1. The molecule has 6 nitrogen and oxygen atoms in total. The maximum Gasteiger partial charge on any atom is 0.271 e. The van der Waals surface area contributed by atoms with Crippen LogP contribution in [0.25, 0.3) is 0 Å². The highest BCUT2D eigenvalue weighted by Gasteiger charge is 2.14. The maximum atomic E-state index is 11.9. The first-order valence-corrected chi connectivity index (χ1v) is 7.89. The number of unbranched alkanes of at least 4 members (excludes halogenated alkanes) is 2. The smallest absolute Gasteiger partial charge is 0.271 e. The quantitative estimate of drug-likeness (QED) is 0.303. The lowest BCUT2D eigenvalue weighted by Crippen LogP contribution is -2.12. The van der Waals surface area contributed by atoms with Crippen molar-refractivity contribution in [1.29, 1.82) is 0 Å². The Morgan fingerprint density at radius 3 is 2.77 bits per heavy atom. The van der Waals surface area contributed by atoms with Gasteiger partial charge in [-0.05, 0) is 25.3 Å². The van der Waals surface area contributed by atoms with E-state index in [1.807, 2.05) is 6.92 Å². The minimum Gasteiger partial charge on any atom is -0.491 e. The Bertz CT molecular complexity index is 508. The number of alkyl halides is 1. The van der Waals surface area contributed by atoms with Gasteiger partial charge in [-0.25, -0.2) is 0 Å². The molecule has 0 heterocycles. The number of nitrogens with zero attached hydrogens (tertiary/aromatic N) is 1. The molecule has 0 aliphatic carbocycles.